The molecule has 0 radical (unpaired) electrons. The minimum absolute atomic E-state index is 0.161. The van der Waals surface area contributed by atoms with Gasteiger partial charge in [-0.1, -0.05) is 29.4 Å². The number of ether oxygens (including phenoxy) is 1. The van der Waals surface area contributed by atoms with Crippen LogP contribution in [0.2, 0.25) is 0 Å². The van der Waals surface area contributed by atoms with E-state index in [2.05, 4.69) is 39.8 Å². The smallest absolute Gasteiger partial charge is 0.127 e. The molecule has 178 valence electrons. The van der Waals surface area contributed by atoms with Crippen molar-refractivity contribution in [3.8, 4) is 11.5 Å². The standard InChI is InChI=1S/C29H43FO2/c1-20(13-9-14-22(3)19-30)11-8-12-21(2)15-10-17-29(7)18-16-26-25(6)27(31)23(4)24(5)28(26)32-29/h11,14-15,31H,8-10,12-13,16-19H2,1-7H3/b20-11+,21-15+,22-14?/t29-/m1/s1. The molecule has 0 unspecified atom stereocenters. The van der Waals surface area contributed by atoms with Crippen LogP contribution < -0.4 is 4.74 Å². The first-order chi connectivity index (χ1) is 15.1. The fourth-order valence-electron chi connectivity index (χ4n) is 4.45. The van der Waals surface area contributed by atoms with Crippen LogP contribution in [0.3, 0.4) is 0 Å². The van der Waals surface area contributed by atoms with Gasteiger partial charge in [0.25, 0.3) is 0 Å². The maximum atomic E-state index is 12.5. The van der Waals surface area contributed by atoms with Crippen molar-refractivity contribution in [3.05, 3.63) is 57.2 Å². The number of phenolic OH excluding ortho intramolecular Hbond substituents is 1. The SMILES string of the molecule is CC(=CCC/C(C)=C/CC/C(C)=C/CC[C@]1(C)CCc2c(C)c(O)c(C)c(C)c2O1)CF. The number of fused-ring (bicyclic) bond motifs is 1. The summed E-state index contributed by atoms with van der Waals surface area (Å²) in [5.74, 6) is 1.41. The van der Waals surface area contributed by atoms with Gasteiger partial charge >= 0.3 is 0 Å². The summed E-state index contributed by atoms with van der Waals surface area (Å²) in [5, 5.41) is 10.4. The first kappa shape index (κ1) is 26.2. The normalized spacial score (nSPS) is 19.7. The topological polar surface area (TPSA) is 29.5 Å². The van der Waals surface area contributed by atoms with Crippen molar-refractivity contribution in [3.63, 3.8) is 0 Å². The van der Waals surface area contributed by atoms with Gasteiger partial charge < -0.3 is 9.84 Å². The van der Waals surface area contributed by atoms with Crippen LogP contribution in [-0.4, -0.2) is 17.4 Å². The monoisotopic (exact) mass is 442 g/mol. The van der Waals surface area contributed by atoms with Crippen LogP contribution in [0.5, 0.6) is 11.5 Å². The second-order valence-electron chi connectivity index (χ2n) is 9.98. The molecule has 1 N–H and O–H groups in total. The lowest BCUT2D eigenvalue weighted by Gasteiger charge is -2.38. The van der Waals surface area contributed by atoms with Crippen LogP contribution in [0.25, 0.3) is 0 Å². The average molecular weight is 443 g/mol. The Morgan fingerprint density at radius 1 is 0.906 bits per heavy atom. The molecule has 0 amide bonds. The molecule has 0 bridgehead atoms. The number of phenols is 1. The van der Waals surface area contributed by atoms with E-state index >= 15 is 0 Å². The van der Waals surface area contributed by atoms with Crippen molar-refractivity contribution in [2.45, 2.75) is 105 Å². The summed E-state index contributed by atoms with van der Waals surface area (Å²) in [6.07, 6.45) is 14.7. The third-order valence-electron chi connectivity index (χ3n) is 7.03. The van der Waals surface area contributed by atoms with Crippen molar-refractivity contribution in [2.24, 2.45) is 0 Å². The molecule has 1 atom stereocenters. The lowest BCUT2D eigenvalue weighted by atomic mass is 9.85. The third-order valence-corrected chi connectivity index (χ3v) is 7.03. The first-order valence-electron chi connectivity index (χ1n) is 12.1. The van der Waals surface area contributed by atoms with E-state index < -0.39 is 0 Å². The van der Waals surface area contributed by atoms with Crippen LogP contribution in [0.4, 0.5) is 4.39 Å². The van der Waals surface area contributed by atoms with Crippen LogP contribution in [-0.2, 0) is 6.42 Å². The Balaban J connectivity index is 1.86. The van der Waals surface area contributed by atoms with Gasteiger partial charge in [0.1, 0.15) is 23.8 Å². The maximum Gasteiger partial charge on any atom is 0.127 e. The summed E-state index contributed by atoms with van der Waals surface area (Å²) in [5.41, 5.74) is 7.62. The molecule has 0 spiro atoms. The number of alkyl halides is 1. The van der Waals surface area contributed by atoms with Gasteiger partial charge in [0.15, 0.2) is 0 Å². The zero-order valence-electron chi connectivity index (χ0n) is 21.3. The van der Waals surface area contributed by atoms with Gasteiger partial charge in [-0.15, -0.1) is 0 Å². The molecule has 3 heteroatoms. The highest BCUT2D eigenvalue weighted by Gasteiger charge is 2.33. The number of allylic oxidation sites excluding steroid dienone is 6. The Hall–Kier alpha value is -2.03. The summed E-state index contributed by atoms with van der Waals surface area (Å²) < 4.78 is 19.0. The van der Waals surface area contributed by atoms with Gasteiger partial charge in [-0.3, -0.25) is 0 Å². The lowest BCUT2D eigenvalue weighted by molar-refractivity contribution is 0.0558. The molecule has 1 aromatic carbocycles. The molecule has 0 saturated carbocycles. The minimum Gasteiger partial charge on any atom is -0.507 e. The summed E-state index contributed by atoms with van der Waals surface area (Å²) in [6, 6.07) is 0. The van der Waals surface area contributed by atoms with E-state index in [0.717, 1.165) is 79.4 Å². The second-order valence-corrected chi connectivity index (χ2v) is 9.98. The molecule has 0 fully saturated rings. The van der Waals surface area contributed by atoms with E-state index in [4.69, 9.17) is 4.74 Å². The van der Waals surface area contributed by atoms with E-state index in [1.165, 1.54) is 16.7 Å². The summed E-state index contributed by atoms with van der Waals surface area (Å²) in [4.78, 5) is 0. The Bertz CT molecular complexity index is 891. The Labute approximate surface area is 195 Å². The highest BCUT2D eigenvalue weighted by molar-refractivity contribution is 5.58. The summed E-state index contributed by atoms with van der Waals surface area (Å²) in [6.45, 7) is 14.1. The van der Waals surface area contributed by atoms with Gasteiger partial charge in [0.2, 0.25) is 0 Å². The maximum absolute atomic E-state index is 12.5. The van der Waals surface area contributed by atoms with Gasteiger partial charge in [-0.2, -0.15) is 0 Å². The van der Waals surface area contributed by atoms with E-state index in [-0.39, 0.29) is 12.3 Å². The highest BCUT2D eigenvalue weighted by Crippen LogP contribution is 2.44. The Morgan fingerprint density at radius 3 is 2.06 bits per heavy atom. The number of halogens is 1. The molecule has 2 rings (SSSR count). The van der Waals surface area contributed by atoms with Crippen LogP contribution in [0.1, 0.15) is 94.9 Å². The van der Waals surface area contributed by atoms with Gasteiger partial charge in [0, 0.05) is 5.56 Å². The summed E-state index contributed by atoms with van der Waals surface area (Å²) >= 11 is 0. The van der Waals surface area contributed by atoms with E-state index in [1.54, 1.807) is 0 Å². The number of rotatable bonds is 10. The molecule has 32 heavy (non-hydrogen) atoms. The molecule has 2 nitrogen and oxygen atoms in total. The van der Waals surface area contributed by atoms with Crippen molar-refractivity contribution >= 4 is 0 Å². The largest absolute Gasteiger partial charge is 0.507 e. The fraction of sp³-hybridized carbons (Fsp3) is 0.586. The molecule has 1 heterocycles. The average Bonchev–Trinajstić information content (AvgIpc) is 2.75. The van der Waals surface area contributed by atoms with Crippen molar-refractivity contribution in [2.75, 3.05) is 6.67 Å². The highest BCUT2D eigenvalue weighted by atomic mass is 19.1. The van der Waals surface area contributed by atoms with Crippen LogP contribution >= 0.6 is 0 Å². The molecular weight excluding hydrogens is 399 g/mol. The molecular formula is C29H43FO2. The van der Waals surface area contributed by atoms with Crippen LogP contribution in [0, 0.1) is 20.8 Å². The number of aromatic hydroxyl groups is 1. The van der Waals surface area contributed by atoms with E-state index in [1.807, 2.05) is 26.8 Å². The lowest BCUT2D eigenvalue weighted by Crippen LogP contribution is -2.37. The van der Waals surface area contributed by atoms with Gasteiger partial charge in [-0.25, -0.2) is 4.39 Å². The molecule has 1 aromatic rings. The first-order valence-corrected chi connectivity index (χ1v) is 12.1. The quantitative estimate of drug-likeness (QED) is 0.368. The molecule has 0 aliphatic carbocycles. The minimum atomic E-state index is -0.341. The van der Waals surface area contributed by atoms with Gasteiger partial charge in [0.05, 0.1) is 0 Å². The zero-order chi connectivity index (χ0) is 23.9. The Morgan fingerprint density at radius 2 is 1.47 bits per heavy atom. The van der Waals surface area contributed by atoms with Crippen LogP contribution in [0.15, 0.2) is 34.9 Å². The van der Waals surface area contributed by atoms with Crippen molar-refractivity contribution in [1.82, 2.24) is 0 Å². The van der Waals surface area contributed by atoms with Crippen molar-refractivity contribution < 1.29 is 14.2 Å². The van der Waals surface area contributed by atoms with E-state index in [0.29, 0.717) is 5.75 Å². The summed E-state index contributed by atoms with van der Waals surface area (Å²) in [7, 11) is 0. The molecule has 1 aliphatic rings. The number of benzene rings is 1. The predicted molar refractivity (Wildman–Crippen MR) is 135 cm³/mol. The predicted octanol–water partition coefficient (Wildman–Crippen LogP) is 8.55. The van der Waals surface area contributed by atoms with Crippen molar-refractivity contribution in [1.29, 1.82) is 0 Å². The second kappa shape index (κ2) is 11.7. The third kappa shape index (κ3) is 6.98. The Kier molecular flexibility index (Phi) is 9.61. The fourth-order valence-corrected chi connectivity index (χ4v) is 4.45. The van der Waals surface area contributed by atoms with E-state index in [9.17, 15) is 9.50 Å². The number of hydrogen-bond acceptors (Lipinski definition) is 2. The number of hydrogen-bond donors (Lipinski definition) is 1. The van der Waals surface area contributed by atoms with Gasteiger partial charge in [-0.05, 0) is 122 Å². The molecule has 0 aromatic heterocycles. The zero-order valence-corrected chi connectivity index (χ0v) is 21.3. The molecule has 1 aliphatic heterocycles. The molecule has 0 saturated heterocycles.